The van der Waals surface area contributed by atoms with Crippen molar-refractivity contribution >= 4 is 17.8 Å². The molecule has 0 aromatic rings. The van der Waals surface area contributed by atoms with Gasteiger partial charge in [0.25, 0.3) is 0 Å². The van der Waals surface area contributed by atoms with Gasteiger partial charge in [-0.2, -0.15) is 0 Å². The number of carbonyl (C=O) groups is 3. The molecule has 0 radical (unpaired) electrons. The van der Waals surface area contributed by atoms with Crippen LogP contribution in [0.3, 0.4) is 0 Å². The molecule has 0 spiro atoms. The van der Waals surface area contributed by atoms with E-state index in [0.29, 0.717) is 0 Å². The maximum absolute atomic E-state index is 11.9. The average molecular weight is 302 g/mol. The predicted octanol–water partition coefficient (Wildman–Crippen LogP) is 0.661. The van der Waals surface area contributed by atoms with Crippen LogP contribution in [-0.2, 0) is 19.1 Å². The van der Waals surface area contributed by atoms with Gasteiger partial charge in [0.1, 0.15) is 11.6 Å². The predicted molar refractivity (Wildman–Crippen MR) is 77.5 cm³/mol. The number of esters is 1. The molecular formula is C14H26N2O5. The molecule has 4 N–H and O–H groups in total. The van der Waals surface area contributed by atoms with E-state index < -0.39 is 47.4 Å². The Morgan fingerprint density at radius 2 is 1.62 bits per heavy atom. The van der Waals surface area contributed by atoms with Crippen molar-refractivity contribution in [2.45, 2.75) is 65.6 Å². The lowest BCUT2D eigenvalue weighted by Crippen LogP contribution is -2.53. The standard InChI is InChI=1S/C14H26N2O5/c1-13(2,3)10(15)11(18)16-8(12(19)20)7-9(17)21-14(4,5)6/h8,10H,7,15H2,1-6H3,(H,16,18)(H,19,20)/t8-,10?/m0/s1. The summed E-state index contributed by atoms with van der Waals surface area (Å²) in [6.45, 7) is 10.3. The van der Waals surface area contributed by atoms with E-state index in [1.54, 1.807) is 41.5 Å². The first-order chi connectivity index (χ1) is 9.24. The van der Waals surface area contributed by atoms with Crippen molar-refractivity contribution in [3.63, 3.8) is 0 Å². The number of nitrogens with one attached hydrogen (secondary N) is 1. The van der Waals surface area contributed by atoms with Gasteiger partial charge in [-0.15, -0.1) is 0 Å². The molecule has 1 unspecified atom stereocenters. The lowest BCUT2D eigenvalue weighted by molar-refractivity contribution is -0.158. The van der Waals surface area contributed by atoms with Gasteiger partial charge >= 0.3 is 11.9 Å². The van der Waals surface area contributed by atoms with Crippen molar-refractivity contribution in [3.05, 3.63) is 0 Å². The smallest absolute Gasteiger partial charge is 0.326 e. The van der Waals surface area contributed by atoms with Gasteiger partial charge in [0.15, 0.2) is 0 Å². The Labute approximate surface area is 125 Å². The number of carboxylic acid groups (broad SMARTS) is 1. The summed E-state index contributed by atoms with van der Waals surface area (Å²) in [5.74, 6) is -2.62. The highest BCUT2D eigenvalue weighted by molar-refractivity contribution is 5.89. The summed E-state index contributed by atoms with van der Waals surface area (Å²) >= 11 is 0. The molecule has 0 fully saturated rings. The monoisotopic (exact) mass is 302 g/mol. The zero-order valence-electron chi connectivity index (χ0n) is 13.5. The Kier molecular flexibility index (Phi) is 6.35. The molecule has 0 saturated carbocycles. The van der Waals surface area contributed by atoms with Gasteiger partial charge < -0.3 is 20.9 Å². The van der Waals surface area contributed by atoms with E-state index in [-0.39, 0.29) is 0 Å². The lowest BCUT2D eigenvalue weighted by Gasteiger charge is -2.27. The topological polar surface area (TPSA) is 119 Å². The maximum Gasteiger partial charge on any atom is 0.326 e. The summed E-state index contributed by atoms with van der Waals surface area (Å²) in [5, 5.41) is 11.4. The van der Waals surface area contributed by atoms with Gasteiger partial charge in [0, 0.05) is 0 Å². The molecule has 0 rings (SSSR count). The third kappa shape index (κ3) is 7.65. The molecule has 0 aliphatic heterocycles. The Morgan fingerprint density at radius 1 is 1.14 bits per heavy atom. The first-order valence-corrected chi connectivity index (χ1v) is 6.74. The summed E-state index contributed by atoms with van der Waals surface area (Å²) in [6, 6.07) is -2.24. The first kappa shape index (κ1) is 19.4. The molecule has 0 aliphatic carbocycles. The van der Waals surface area contributed by atoms with Crippen molar-refractivity contribution in [2.24, 2.45) is 11.1 Å². The van der Waals surface area contributed by atoms with Gasteiger partial charge in [-0.3, -0.25) is 9.59 Å². The second-order valence-electron chi connectivity index (χ2n) is 7.03. The fraction of sp³-hybridized carbons (Fsp3) is 0.786. The van der Waals surface area contributed by atoms with Crippen molar-refractivity contribution in [1.82, 2.24) is 5.32 Å². The van der Waals surface area contributed by atoms with Crippen LogP contribution in [0.2, 0.25) is 0 Å². The maximum atomic E-state index is 11.9. The number of ether oxygens (including phenoxy) is 1. The zero-order valence-corrected chi connectivity index (χ0v) is 13.5. The van der Waals surface area contributed by atoms with E-state index in [0.717, 1.165) is 0 Å². The normalized spacial score (nSPS) is 15.0. The number of carbonyl (C=O) groups excluding carboxylic acids is 2. The molecule has 2 atom stereocenters. The average Bonchev–Trinajstić information content (AvgIpc) is 2.22. The Bertz CT molecular complexity index is 407. The highest BCUT2D eigenvalue weighted by atomic mass is 16.6. The van der Waals surface area contributed by atoms with Crippen LogP contribution in [0.1, 0.15) is 48.0 Å². The van der Waals surface area contributed by atoms with Gasteiger partial charge in [-0.25, -0.2) is 4.79 Å². The minimum atomic E-state index is -1.36. The van der Waals surface area contributed by atoms with Crippen LogP contribution in [0.5, 0.6) is 0 Å². The van der Waals surface area contributed by atoms with Gasteiger partial charge in [-0.05, 0) is 26.2 Å². The van der Waals surface area contributed by atoms with Crippen LogP contribution in [0.15, 0.2) is 0 Å². The Balaban J connectivity index is 4.76. The Morgan fingerprint density at radius 3 is 1.95 bits per heavy atom. The van der Waals surface area contributed by atoms with Crippen LogP contribution < -0.4 is 11.1 Å². The fourth-order valence-electron chi connectivity index (χ4n) is 1.40. The molecule has 0 heterocycles. The Hall–Kier alpha value is -1.63. The number of aliphatic carboxylic acids is 1. The number of amides is 1. The van der Waals surface area contributed by atoms with E-state index in [4.69, 9.17) is 15.6 Å². The highest BCUT2D eigenvalue weighted by Crippen LogP contribution is 2.17. The van der Waals surface area contributed by atoms with E-state index >= 15 is 0 Å². The van der Waals surface area contributed by atoms with Crippen molar-refractivity contribution < 1.29 is 24.2 Å². The third-order valence-electron chi connectivity index (χ3n) is 2.62. The van der Waals surface area contributed by atoms with E-state index in [2.05, 4.69) is 5.32 Å². The number of hydrogen-bond donors (Lipinski definition) is 3. The molecule has 1 amide bonds. The van der Waals surface area contributed by atoms with E-state index in [9.17, 15) is 14.4 Å². The van der Waals surface area contributed by atoms with E-state index in [1.807, 2.05) is 0 Å². The molecule has 0 aliphatic rings. The largest absolute Gasteiger partial charge is 0.480 e. The lowest BCUT2D eigenvalue weighted by atomic mass is 9.87. The number of nitrogens with two attached hydrogens (primary N) is 1. The minimum Gasteiger partial charge on any atom is -0.480 e. The van der Waals surface area contributed by atoms with Crippen LogP contribution in [0.25, 0.3) is 0 Å². The molecule has 21 heavy (non-hydrogen) atoms. The zero-order chi connectivity index (χ0) is 17.0. The molecule has 0 bridgehead atoms. The van der Waals surface area contributed by atoms with Crippen LogP contribution >= 0.6 is 0 Å². The number of carboxylic acids is 1. The first-order valence-electron chi connectivity index (χ1n) is 6.74. The minimum absolute atomic E-state index is 0.449. The van der Waals surface area contributed by atoms with Gasteiger partial charge in [0.2, 0.25) is 5.91 Å². The molecule has 0 aromatic carbocycles. The molecule has 7 nitrogen and oxygen atoms in total. The summed E-state index contributed by atoms with van der Waals surface area (Å²) in [5.41, 5.74) is 4.52. The summed E-state index contributed by atoms with van der Waals surface area (Å²) in [6.07, 6.45) is -0.449. The van der Waals surface area contributed by atoms with Crippen LogP contribution in [0.4, 0.5) is 0 Å². The number of rotatable bonds is 5. The second-order valence-corrected chi connectivity index (χ2v) is 7.03. The second kappa shape index (κ2) is 6.89. The molecule has 122 valence electrons. The van der Waals surface area contributed by atoms with Gasteiger partial charge in [0.05, 0.1) is 12.5 Å². The van der Waals surface area contributed by atoms with Crippen molar-refractivity contribution in [2.75, 3.05) is 0 Å². The molecule has 7 heteroatoms. The molecule has 0 aromatic heterocycles. The fourth-order valence-corrected chi connectivity index (χ4v) is 1.40. The van der Waals surface area contributed by atoms with Crippen molar-refractivity contribution in [1.29, 1.82) is 0 Å². The molecular weight excluding hydrogens is 276 g/mol. The van der Waals surface area contributed by atoms with E-state index in [1.165, 1.54) is 0 Å². The summed E-state index contributed by atoms with van der Waals surface area (Å²) in [4.78, 5) is 34.7. The quantitative estimate of drug-likeness (QED) is 0.642. The molecule has 0 saturated heterocycles. The van der Waals surface area contributed by atoms with Crippen LogP contribution in [0, 0.1) is 5.41 Å². The summed E-state index contributed by atoms with van der Waals surface area (Å²) < 4.78 is 5.04. The highest BCUT2D eigenvalue weighted by Gasteiger charge is 2.32. The van der Waals surface area contributed by atoms with Crippen molar-refractivity contribution in [3.8, 4) is 0 Å². The summed E-state index contributed by atoms with van der Waals surface area (Å²) in [7, 11) is 0. The van der Waals surface area contributed by atoms with Gasteiger partial charge in [-0.1, -0.05) is 20.8 Å². The third-order valence-corrected chi connectivity index (χ3v) is 2.62. The number of hydrogen-bond acceptors (Lipinski definition) is 5. The SMILES string of the molecule is CC(C)(C)OC(=O)C[C@H](NC(=O)C(N)C(C)(C)C)C(=O)O. The van der Waals surface area contributed by atoms with Crippen LogP contribution in [-0.4, -0.2) is 40.6 Å².